The zero-order valence-electron chi connectivity index (χ0n) is 18.2. The summed E-state index contributed by atoms with van der Waals surface area (Å²) in [6, 6.07) is 19.8. The summed E-state index contributed by atoms with van der Waals surface area (Å²) >= 11 is 0. The molecule has 0 aromatic heterocycles. The highest BCUT2D eigenvalue weighted by molar-refractivity contribution is 5.95. The highest BCUT2D eigenvalue weighted by Crippen LogP contribution is 2.27. The molecule has 0 bridgehead atoms. The van der Waals surface area contributed by atoms with Gasteiger partial charge in [0.25, 0.3) is 11.8 Å². The van der Waals surface area contributed by atoms with Crippen molar-refractivity contribution in [2.45, 2.75) is 13.8 Å². The summed E-state index contributed by atoms with van der Waals surface area (Å²) in [4.78, 5) is 24.3. The van der Waals surface area contributed by atoms with Gasteiger partial charge in [-0.25, -0.2) is 5.43 Å². The fraction of sp³-hybridized carbons (Fsp3) is 0.160. The molecule has 0 saturated carbocycles. The summed E-state index contributed by atoms with van der Waals surface area (Å²) < 4.78 is 11.0. The third-order valence-corrected chi connectivity index (χ3v) is 4.62. The Labute approximate surface area is 187 Å². The highest BCUT2D eigenvalue weighted by Gasteiger charge is 2.10. The summed E-state index contributed by atoms with van der Waals surface area (Å²) in [7, 11) is 1.51. The highest BCUT2D eigenvalue weighted by atomic mass is 16.5. The summed E-state index contributed by atoms with van der Waals surface area (Å²) in [6.07, 6.45) is 1.50. The second-order valence-corrected chi connectivity index (χ2v) is 7.13. The van der Waals surface area contributed by atoms with E-state index in [-0.39, 0.29) is 18.4 Å². The Hall–Kier alpha value is -4.13. The van der Waals surface area contributed by atoms with Gasteiger partial charge in [-0.1, -0.05) is 35.9 Å². The van der Waals surface area contributed by atoms with Gasteiger partial charge in [-0.3, -0.25) is 9.59 Å². The third kappa shape index (κ3) is 6.18. The van der Waals surface area contributed by atoms with Crippen LogP contribution in [-0.4, -0.2) is 31.7 Å². The fourth-order valence-corrected chi connectivity index (χ4v) is 2.99. The van der Waals surface area contributed by atoms with E-state index in [0.717, 1.165) is 16.8 Å². The van der Waals surface area contributed by atoms with Crippen LogP contribution in [0.1, 0.15) is 27.0 Å². The van der Waals surface area contributed by atoms with Crippen LogP contribution in [0.25, 0.3) is 0 Å². The molecule has 7 heteroatoms. The number of carbonyl (C=O) groups excluding carboxylic acids is 2. The Morgan fingerprint density at radius 2 is 1.75 bits per heavy atom. The number of hydrogen-bond acceptors (Lipinski definition) is 5. The summed E-state index contributed by atoms with van der Waals surface area (Å²) in [5.74, 6) is 0.299. The van der Waals surface area contributed by atoms with Crippen molar-refractivity contribution in [3.63, 3.8) is 0 Å². The van der Waals surface area contributed by atoms with Crippen molar-refractivity contribution in [2.24, 2.45) is 5.10 Å². The number of benzene rings is 3. The maximum atomic E-state index is 12.3. The first-order chi connectivity index (χ1) is 15.5. The number of nitrogens with zero attached hydrogens (tertiary/aromatic N) is 1. The molecule has 7 nitrogen and oxygen atoms in total. The summed E-state index contributed by atoms with van der Waals surface area (Å²) in [5.41, 5.74) is 6.56. The van der Waals surface area contributed by atoms with E-state index < -0.39 is 0 Å². The van der Waals surface area contributed by atoms with Crippen LogP contribution >= 0.6 is 0 Å². The standard InChI is InChI=1S/C25H25N3O4/c1-17-9-11-21(18(2)13-17)27-24(29)16-32-22-12-10-19(14-23(22)31-3)15-26-28-25(30)20-7-5-4-6-8-20/h4-15H,16H2,1-3H3,(H,27,29)(H,28,30)/b26-15+. The lowest BCUT2D eigenvalue weighted by Gasteiger charge is -2.12. The van der Waals surface area contributed by atoms with E-state index >= 15 is 0 Å². The average molecular weight is 431 g/mol. The van der Waals surface area contributed by atoms with Crippen LogP contribution < -0.4 is 20.2 Å². The molecule has 0 fully saturated rings. The van der Waals surface area contributed by atoms with Gasteiger partial charge in [0.1, 0.15) is 0 Å². The van der Waals surface area contributed by atoms with Gasteiger partial charge in [-0.05, 0) is 61.4 Å². The Morgan fingerprint density at radius 3 is 2.47 bits per heavy atom. The van der Waals surface area contributed by atoms with Crippen LogP contribution in [-0.2, 0) is 4.79 Å². The largest absolute Gasteiger partial charge is 0.493 e. The predicted molar refractivity (Wildman–Crippen MR) is 125 cm³/mol. The Kier molecular flexibility index (Phi) is 7.59. The molecule has 0 radical (unpaired) electrons. The number of methoxy groups -OCH3 is 1. The molecule has 0 aliphatic rings. The molecule has 32 heavy (non-hydrogen) atoms. The molecule has 0 saturated heterocycles. The van der Waals surface area contributed by atoms with Crippen molar-refractivity contribution in [1.29, 1.82) is 0 Å². The molecule has 3 aromatic carbocycles. The number of ether oxygens (including phenoxy) is 2. The number of nitrogens with one attached hydrogen (secondary N) is 2. The van der Waals surface area contributed by atoms with E-state index in [4.69, 9.17) is 9.47 Å². The van der Waals surface area contributed by atoms with Crippen LogP contribution in [0.2, 0.25) is 0 Å². The molecule has 0 aliphatic heterocycles. The molecular formula is C25H25N3O4. The fourth-order valence-electron chi connectivity index (χ4n) is 2.99. The zero-order chi connectivity index (χ0) is 22.9. The van der Waals surface area contributed by atoms with E-state index in [1.54, 1.807) is 42.5 Å². The quantitative estimate of drug-likeness (QED) is 0.415. The first-order valence-corrected chi connectivity index (χ1v) is 10.0. The molecule has 164 valence electrons. The Bertz CT molecular complexity index is 1130. The van der Waals surface area contributed by atoms with Crippen molar-refractivity contribution >= 4 is 23.7 Å². The lowest BCUT2D eigenvalue weighted by molar-refractivity contribution is -0.118. The van der Waals surface area contributed by atoms with Crippen molar-refractivity contribution < 1.29 is 19.1 Å². The van der Waals surface area contributed by atoms with Crippen LogP contribution in [0.5, 0.6) is 11.5 Å². The SMILES string of the molecule is COc1cc(/C=N/NC(=O)c2ccccc2)ccc1OCC(=O)Nc1ccc(C)cc1C. The smallest absolute Gasteiger partial charge is 0.271 e. The van der Waals surface area contributed by atoms with Crippen molar-refractivity contribution in [1.82, 2.24) is 5.43 Å². The minimum Gasteiger partial charge on any atom is -0.493 e. The molecule has 0 aliphatic carbocycles. The van der Waals surface area contributed by atoms with Crippen molar-refractivity contribution in [3.05, 3.63) is 89.0 Å². The molecule has 3 rings (SSSR count). The van der Waals surface area contributed by atoms with Crippen LogP contribution in [0, 0.1) is 13.8 Å². The van der Waals surface area contributed by atoms with Gasteiger partial charge in [-0.2, -0.15) is 5.10 Å². The van der Waals surface area contributed by atoms with Crippen LogP contribution in [0.4, 0.5) is 5.69 Å². The van der Waals surface area contributed by atoms with E-state index in [1.165, 1.54) is 13.3 Å². The normalized spacial score (nSPS) is 10.6. The monoisotopic (exact) mass is 431 g/mol. The van der Waals surface area contributed by atoms with Crippen molar-refractivity contribution in [2.75, 3.05) is 19.0 Å². The Balaban J connectivity index is 1.57. The molecule has 2 N–H and O–H groups in total. The first kappa shape index (κ1) is 22.6. The van der Waals surface area contributed by atoms with Gasteiger partial charge in [-0.15, -0.1) is 0 Å². The van der Waals surface area contributed by atoms with Gasteiger partial charge in [0.15, 0.2) is 18.1 Å². The minimum absolute atomic E-state index is 0.162. The zero-order valence-corrected chi connectivity index (χ0v) is 18.2. The van der Waals surface area contributed by atoms with Crippen molar-refractivity contribution in [3.8, 4) is 11.5 Å². The number of rotatable bonds is 8. The average Bonchev–Trinajstić information content (AvgIpc) is 2.80. The predicted octanol–water partition coefficient (Wildman–Crippen LogP) is 4.09. The Morgan fingerprint density at radius 1 is 0.969 bits per heavy atom. The van der Waals surface area contributed by atoms with E-state index in [2.05, 4.69) is 15.8 Å². The molecule has 2 amide bonds. The molecule has 0 heterocycles. The molecule has 0 unspecified atom stereocenters. The van der Waals surface area contributed by atoms with E-state index in [0.29, 0.717) is 22.6 Å². The lowest BCUT2D eigenvalue weighted by atomic mass is 10.1. The van der Waals surface area contributed by atoms with Crippen LogP contribution in [0.15, 0.2) is 71.8 Å². The number of anilines is 1. The van der Waals surface area contributed by atoms with Gasteiger partial charge in [0, 0.05) is 11.3 Å². The summed E-state index contributed by atoms with van der Waals surface area (Å²) in [6.45, 7) is 3.78. The lowest BCUT2D eigenvalue weighted by Crippen LogP contribution is -2.20. The molecule has 3 aromatic rings. The van der Waals surface area contributed by atoms with Gasteiger partial charge < -0.3 is 14.8 Å². The van der Waals surface area contributed by atoms with Gasteiger partial charge in [0.05, 0.1) is 13.3 Å². The second-order valence-electron chi connectivity index (χ2n) is 7.13. The summed E-state index contributed by atoms with van der Waals surface area (Å²) in [5, 5.41) is 6.82. The molecular weight excluding hydrogens is 406 g/mol. The second kappa shape index (κ2) is 10.8. The molecule has 0 atom stereocenters. The number of hydrazone groups is 1. The number of amides is 2. The number of carbonyl (C=O) groups is 2. The van der Waals surface area contributed by atoms with E-state index in [1.807, 2.05) is 38.1 Å². The molecule has 0 spiro atoms. The third-order valence-electron chi connectivity index (χ3n) is 4.62. The number of hydrogen-bond donors (Lipinski definition) is 2. The van der Waals surface area contributed by atoms with Gasteiger partial charge in [0.2, 0.25) is 0 Å². The maximum Gasteiger partial charge on any atom is 0.271 e. The van der Waals surface area contributed by atoms with Crippen LogP contribution in [0.3, 0.4) is 0 Å². The maximum absolute atomic E-state index is 12.3. The topological polar surface area (TPSA) is 89.0 Å². The van der Waals surface area contributed by atoms with E-state index in [9.17, 15) is 9.59 Å². The first-order valence-electron chi connectivity index (χ1n) is 10.0. The van der Waals surface area contributed by atoms with Gasteiger partial charge >= 0.3 is 0 Å². The minimum atomic E-state index is -0.302. The number of aryl methyl sites for hydroxylation is 2.